The van der Waals surface area contributed by atoms with Gasteiger partial charge in [0.05, 0.1) is 6.10 Å². The van der Waals surface area contributed by atoms with Crippen molar-refractivity contribution in [3.63, 3.8) is 0 Å². The van der Waals surface area contributed by atoms with Crippen molar-refractivity contribution in [1.82, 2.24) is 4.90 Å². The third kappa shape index (κ3) is 4.24. The smallest absolute Gasteiger partial charge is 0.0699 e. The third-order valence-corrected chi connectivity index (χ3v) is 4.23. The zero-order valence-corrected chi connectivity index (χ0v) is 12.5. The second kappa shape index (κ2) is 7.69. The third-order valence-electron chi connectivity index (χ3n) is 3.98. The fraction of sp³-hybridized carbons (Fsp3) is 0.529. The fourth-order valence-corrected chi connectivity index (χ4v) is 3.02. The van der Waals surface area contributed by atoms with Gasteiger partial charge in [-0.3, -0.25) is 4.90 Å². The first-order valence-electron chi connectivity index (χ1n) is 7.30. The van der Waals surface area contributed by atoms with E-state index in [0.29, 0.717) is 0 Å². The van der Waals surface area contributed by atoms with Gasteiger partial charge >= 0.3 is 0 Å². The van der Waals surface area contributed by atoms with Crippen molar-refractivity contribution in [2.45, 2.75) is 44.2 Å². The summed E-state index contributed by atoms with van der Waals surface area (Å²) in [5.41, 5.74) is 1.22. The Bertz CT molecular complexity index is 451. The highest BCUT2D eigenvalue weighted by molar-refractivity contribution is 6.30. The second-order valence-corrected chi connectivity index (χ2v) is 5.89. The molecule has 1 aliphatic heterocycles. The lowest BCUT2D eigenvalue weighted by Gasteiger charge is -2.39. The maximum absolute atomic E-state index is 10.3. The molecule has 1 aliphatic rings. The molecule has 0 amide bonds. The predicted molar refractivity (Wildman–Crippen MR) is 83.8 cm³/mol. The summed E-state index contributed by atoms with van der Waals surface area (Å²) in [6, 6.07) is 8.11. The van der Waals surface area contributed by atoms with Crippen LogP contribution in [0.15, 0.2) is 24.3 Å². The van der Waals surface area contributed by atoms with Crippen LogP contribution in [0.25, 0.3) is 0 Å². The Morgan fingerprint density at radius 1 is 1.35 bits per heavy atom. The molecule has 1 heterocycles. The van der Waals surface area contributed by atoms with E-state index in [1.165, 1.54) is 5.56 Å². The predicted octanol–water partition coefficient (Wildman–Crippen LogP) is 3.12. The van der Waals surface area contributed by atoms with Crippen LogP contribution in [-0.2, 0) is 6.42 Å². The van der Waals surface area contributed by atoms with E-state index in [1.807, 2.05) is 24.3 Å². The first-order chi connectivity index (χ1) is 9.70. The lowest BCUT2D eigenvalue weighted by molar-refractivity contribution is 0.0108. The quantitative estimate of drug-likeness (QED) is 0.665. The number of benzene rings is 1. The molecule has 1 fully saturated rings. The lowest BCUT2D eigenvalue weighted by Crippen LogP contribution is -2.49. The molecule has 2 rings (SSSR count). The molecule has 1 aromatic rings. The Balaban J connectivity index is 1.99. The molecule has 0 aromatic heterocycles. The summed E-state index contributed by atoms with van der Waals surface area (Å²) in [5, 5.41) is 11.1. The van der Waals surface area contributed by atoms with Gasteiger partial charge in [-0.15, -0.1) is 12.3 Å². The Morgan fingerprint density at radius 2 is 2.10 bits per heavy atom. The SMILES string of the molecule is C#CCCCN1CCCC(O)C1Cc1ccc(Cl)cc1. The molecule has 20 heavy (non-hydrogen) atoms. The van der Waals surface area contributed by atoms with Crippen molar-refractivity contribution in [3.05, 3.63) is 34.9 Å². The van der Waals surface area contributed by atoms with E-state index in [4.69, 9.17) is 18.0 Å². The van der Waals surface area contributed by atoms with Gasteiger partial charge in [0.2, 0.25) is 0 Å². The number of unbranched alkanes of at least 4 members (excludes halogenated alkanes) is 1. The summed E-state index contributed by atoms with van der Waals surface area (Å²) in [6.07, 6.45) is 9.70. The Hall–Kier alpha value is -1.01. The first-order valence-corrected chi connectivity index (χ1v) is 7.68. The molecule has 0 bridgehead atoms. The molecule has 1 saturated heterocycles. The van der Waals surface area contributed by atoms with Gasteiger partial charge in [-0.2, -0.15) is 0 Å². The molecule has 0 radical (unpaired) electrons. The molecule has 0 spiro atoms. The summed E-state index contributed by atoms with van der Waals surface area (Å²) >= 11 is 5.92. The van der Waals surface area contributed by atoms with Crippen molar-refractivity contribution >= 4 is 11.6 Å². The maximum atomic E-state index is 10.3. The molecule has 2 atom stereocenters. The van der Waals surface area contributed by atoms with Gasteiger partial charge in [0.15, 0.2) is 0 Å². The van der Waals surface area contributed by atoms with Crippen LogP contribution >= 0.6 is 11.6 Å². The van der Waals surface area contributed by atoms with Gasteiger partial charge in [0, 0.05) is 17.5 Å². The number of nitrogens with zero attached hydrogens (tertiary/aromatic N) is 1. The first kappa shape index (κ1) is 15.4. The van der Waals surface area contributed by atoms with Crippen LogP contribution in [0.3, 0.4) is 0 Å². The van der Waals surface area contributed by atoms with Gasteiger partial charge in [0.25, 0.3) is 0 Å². The molecular formula is C17H22ClNO. The Labute approximate surface area is 126 Å². The van der Waals surface area contributed by atoms with Crippen molar-refractivity contribution in [2.24, 2.45) is 0 Å². The highest BCUT2D eigenvalue weighted by Gasteiger charge is 2.29. The largest absolute Gasteiger partial charge is 0.391 e. The summed E-state index contributed by atoms with van der Waals surface area (Å²) in [6.45, 7) is 2.03. The highest BCUT2D eigenvalue weighted by Crippen LogP contribution is 2.22. The van der Waals surface area contributed by atoms with E-state index >= 15 is 0 Å². The molecule has 0 saturated carbocycles. The van der Waals surface area contributed by atoms with E-state index in [9.17, 15) is 5.11 Å². The van der Waals surface area contributed by atoms with E-state index in [0.717, 1.165) is 50.2 Å². The number of rotatable bonds is 5. The van der Waals surface area contributed by atoms with Crippen molar-refractivity contribution in [1.29, 1.82) is 0 Å². The average Bonchev–Trinajstić information content (AvgIpc) is 2.45. The lowest BCUT2D eigenvalue weighted by atomic mass is 9.92. The summed E-state index contributed by atoms with van der Waals surface area (Å²) in [7, 11) is 0. The number of halogens is 1. The number of likely N-dealkylation sites (tertiary alicyclic amines) is 1. The molecule has 0 aliphatic carbocycles. The van der Waals surface area contributed by atoms with Crippen LogP contribution in [-0.4, -0.2) is 35.2 Å². The maximum Gasteiger partial charge on any atom is 0.0699 e. The van der Waals surface area contributed by atoms with Crippen LogP contribution < -0.4 is 0 Å². The molecule has 1 N–H and O–H groups in total. The van der Waals surface area contributed by atoms with Crippen LogP contribution in [0.1, 0.15) is 31.2 Å². The summed E-state index contributed by atoms with van der Waals surface area (Å²) in [5.74, 6) is 2.69. The number of terminal acetylenes is 1. The zero-order valence-electron chi connectivity index (χ0n) is 11.8. The minimum atomic E-state index is -0.245. The van der Waals surface area contributed by atoms with Crippen LogP contribution in [0.5, 0.6) is 0 Å². The normalized spacial score (nSPS) is 23.4. The number of hydrogen-bond acceptors (Lipinski definition) is 2. The summed E-state index contributed by atoms with van der Waals surface area (Å²) < 4.78 is 0. The van der Waals surface area contributed by atoms with Gasteiger partial charge in [-0.1, -0.05) is 23.7 Å². The molecule has 108 valence electrons. The van der Waals surface area contributed by atoms with E-state index < -0.39 is 0 Å². The van der Waals surface area contributed by atoms with E-state index in [-0.39, 0.29) is 12.1 Å². The van der Waals surface area contributed by atoms with Crippen LogP contribution in [0.2, 0.25) is 5.02 Å². The summed E-state index contributed by atoms with van der Waals surface area (Å²) in [4.78, 5) is 2.39. The van der Waals surface area contributed by atoms with Gasteiger partial charge in [0.1, 0.15) is 0 Å². The average molecular weight is 292 g/mol. The topological polar surface area (TPSA) is 23.5 Å². The van der Waals surface area contributed by atoms with E-state index in [2.05, 4.69) is 10.8 Å². The molecular weight excluding hydrogens is 270 g/mol. The number of aliphatic hydroxyl groups is 1. The van der Waals surface area contributed by atoms with Gasteiger partial charge in [-0.25, -0.2) is 0 Å². The zero-order chi connectivity index (χ0) is 14.4. The molecule has 1 aromatic carbocycles. The Kier molecular flexibility index (Phi) is 5.91. The second-order valence-electron chi connectivity index (χ2n) is 5.45. The standard InChI is InChI=1S/C17H22ClNO/c1-2-3-4-11-19-12-5-6-17(20)16(19)13-14-7-9-15(18)10-8-14/h1,7-10,16-17,20H,3-6,11-13H2. The molecule has 2 unspecified atom stereocenters. The minimum absolute atomic E-state index is 0.197. The minimum Gasteiger partial charge on any atom is -0.391 e. The van der Waals surface area contributed by atoms with E-state index in [1.54, 1.807) is 0 Å². The molecule has 2 nitrogen and oxygen atoms in total. The number of aliphatic hydroxyl groups excluding tert-OH is 1. The highest BCUT2D eigenvalue weighted by atomic mass is 35.5. The van der Waals surface area contributed by atoms with Gasteiger partial charge < -0.3 is 5.11 Å². The number of hydrogen-bond donors (Lipinski definition) is 1. The number of piperidine rings is 1. The monoisotopic (exact) mass is 291 g/mol. The Morgan fingerprint density at radius 3 is 2.80 bits per heavy atom. The van der Waals surface area contributed by atoms with Crippen LogP contribution in [0.4, 0.5) is 0 Å². The van der Waals surface area contributed by atoms with Crippen molar-refractivity contribution in [2.75, 3.05) is 13.1 Å². The molecule has 3 heteroatoms. The van der Waals surface area contributed by atoms with Crippen LogP contribution in [0, 0.1) is 12.3 Å². The van der Waals surface area contributed by atoms with Crippen molar-refractivity contribution < 1.29 is 5.11 Å². The van der Waals surface area contributed by atoms with Crippen molar-refractivity contribution in [3.8, 4) is 12.3 Å². The van der Waals surface area contributed by atoms with Gasteiger partial charge in [-0.05, 0) is 56.5 Å². The fourth-order valence-electron chi connectivity index (χ4n) is 2.89.